The van der Waals surface area contributed by atoms with Crippen LogP contribution in [-0.2, 0) is 25.7 Å². The molecule has 1 unspecified atom stereocenters. The molecule has 0 amide bonds. The predicted octanol–water partition coefficient (Wildman–Crippen LogP) is 3.27. The SMILES string of the molecule is CCOC(=O)CCC=CC(C)C(=O)OCc1ccccc1. The number of hydrogen-bond donors (Lipinski definition) is 0. The van der Waals surface area contributed by atoms with Crippen LogP contribution in [0, 0.1) is 5.92 Å². The van der Waals surface area contributed by atoms with Crippen molar-refractivity contribution in [2.45, 2.75) is 33.3 Å². The van der Waals surface area contributed by atoms with Crippen LogP contribution in [0.4, 0.5) is 0 Å². The van der Waals surface area contributed by atoms with Gasteiger partial charge >= 0.3 is 11.9 Å². The third kappa shape index (κ3) is 7.30. The Morgan fingerprint density at radius 2 is 1.90 bits per heavy atom. The lowest BCUT2D eigenvalue weighted by atomic mass is 10.1. The van der Waals surface area contributed by atoms with E-state index >= 15 is 0 Å². The van der Waals surface area contributed by atoms with Gasteiger partial charge in [-0.1, -0.05) is 42.5 Å². The van der Waals surface area contributed by atoms with E-state index in [1.54, 1.807) is 19.9 Å². The summed E-state index contributed by atoms with van der Waals surface area (Å²) in [6, 6.07) is 9.55. The van der Waals surface area contributed by atoms with Gasteiger partial charge < -0.3 is 9.47 Å². The molecule has 0 radical (unpaired) electrons. The van der Waals surface area contributed by atoms with Gasteiger partial charge in [-0.2, -0.15) is 0 Å². The first kappa shape index (κ1) is 17.0. The van der Waals surface area contributed by atoms with Crippen molar-refractivity contribution in [3.8, 4) is 0 Å². The van der Waals surface area contributed by atoms with E-state index in [9.17, 15) is 9.59 Å². The Morgan fingerprint density at radius 1 is 1.19 bits per heavy atom. The van der Waals surface area contributed by atoms with Crippen LogP contribution in [0.3, 0.4) is 0 Å². The Morgan fingerprint density at radius 3 is 2.57 bits per heavy atom. The van der Waals surface area contributed by atoms with Gasteiger partial charge in [-0.3, -0.25) is 9.59 Å². The Hall–Kier alpha value is -2.10. The number of carbonyl (C=O) groups is 2. The second-order valence-corrected chi connectivity index (χ2v) is 4.65. The van der Waals surface area contributed by atoms with Gasteiger partial charge in [0.1, 0.15) is 6.61 Å². The summed E-state index contributed by atoms with van der Waals surface area (Å²) in [6.45, 7) is 4.22. The second-order valence-electron chi connectivity index (χ2n) is 4.65. The first-order valence-corrected chi connectivity index (χ1v) is 7.16. The molecule has 0 saturated heterocycles. The minimum atomic E-state index is -0.323. The highest BCUT2D eigenvalue weighted by molar-refractivity contribution is 5.74. The van der Waals surface area contributed by atoms with Crippen molar-refractivity contribution in [1.82, 2.24) is 0 Å². The molecule has 0 aliphatic rings. The summed E-state index contributed by atoms with van der Waals surface area (Å²) >= 11 is 0. The maximum atomic E-state index is 11.8. The highest BCUT2D eigenvalue weighted by atomic mass is 16.5. The quantitative estimate of drug-likeness (QED) is 0.544. The zero-order chi connectivity index (χ0) is 15.5. The highest BCUT2D eigenvalue weighted by Crippen LogP contribution is 2.07. The molecule has 4 heteroatoms. The van der Waals surface area contributed by atoms with Crippen molar-refractivity contribution in [2.75, 3.05) is 6.61 Å². The van der Waals surface area contributed by atoms with E-state index in [-0.39, 0.29) is 24.5 Å². The molecule has 1 atom stereocenters. The van der Waals surface area contributed by atoms with Crippen LogP contribution >= 0.6 is 0 Å². The number of rotatable bonds is 8. The van der Waals surface area contributed by atoms with Crippen molar-refractivity contribution >= 4 is 11.9 Å². The van der Waals surface area contributed by atoms with Gasteiger partial charge in [0.05, 0.1) is 12.5 Å². The van der Waals surface area contributed by atoms with Gasteiger partial charge in [-0.05, 0) is 25.8 Å². The average molecular weight is 290 g/mol. The van der Waals surface area contributed by atoms with Gasteiger partial charge in [0, 0.05) is 6.42 Å². The van der Waals surface area contributed by atoms with Gasteiger partial charge in [0.25, 0.3) is 0 Å². The lowest BCUT2D eigenvalue weighted by molar-refractivity contribution is -0.147. The first-order chi connectivity index (χ1) is 10.1. The van der Waals surface area contributed by atoms with Crippen LogP contribution in [-0.4, -0.2) is 18.5 Å². The highest BCUT2D eigenvalue weighted by Gasteiger charge is 2.11. The van der Waals surface area contributed by atoms with E-state index in [0.717, 1.165) is 5.56 Å². The van der Waals surface area contributed by atoms with E-state index in [1.165, 1.54) is 0 Å². The third-order valence-corrected chi connectivity index (χ3v) is 2.84. The molecule has 0 saturated carbocycles. The van der Waals surface area contributed by atoms with Crippen LogP contribution in [0.25, 0.3) is 0 Å². The van der Waals surface area contributed by atoms with Gasteiger partial charge in [0.2, 0.25) is 0 Å². The smallest absolute Gasteiger partial charge is 0.312 e. The van der Waals surface area contributed by atoms with E-state index in [4.69, 9.17) is 9.47 Å². The second kappa shape index (κ2) is 9.75. The topological polar surface area (TPSA) is 52.6 Å². The number of esters is 2. The molecule has 114 valence electrons. The molecule has 0 fully saturated rings. The fourth-order valence-electron chi connectivity index (χ4n) is 1.67. The number of carbonyl (C=O) groups excluding carboxylic acids is 2. The van der Waals surface area contributed by atoms with E-state index < -0.39 is 0 Å². The fourth-order valence-corrected chi connectivity index (χ4v) is 1.67. The molecule has 21 heavy (non-hydrogen) atoms. The van der Waals surface area contributed by atoms with Crippen LogP contribution in [0.15, 0.2) is 42.5 Å². The maximum Gasteiger partial charge on any atom is 0.312 e. The Kier molecular flexibility index (Phi) is 7.87. The summed E-state index contributed by atoms with van der Waals surface area (Å²) in [5.41, 5.74) is 0.962. The molecular weight excluding hydrogens is 268 g/mol. The van der Waals surface area contributed by atoms with Crippen LogP contribution < -0.4 is 0 Å². The molecule has 0 aliphatic carbocycles. The van der Waals surface area contributed by atoms with E-state index in [2.05, 4.69) is 0 Å². The molecule has 0 spiro atoms. The minimum Gasteiger partial charge on any atom is -0.466 e. The van der Waals surface area contributed by atoms with E-state index in [0.29, 0.717) is 19.4 Å². The van der Waals surface area contributed by atoms with Crippen molar-refractivity contribution in [3.05, 3.63) is 48.0 Å². The molecule has 1 aromatic carbocycles. The zero-order valence-corrected chi connectivity index (χ0v) is 12.6. The first-order valence-electron chi connectivity index (χ1n) is 7.16. The standard InChI is InChI=1S/C17H22O4/c1-3-20-16(18)12-8-7-9-14(2)17(19)21-13-15-10-5-4-6-11-15/h4-7,9-11,14H,3,8,12-13H2,1-2H3. The van der Waals surface area contributed by atoms with Crippen LogP contribution in [0.5, 0.6) is 0 Å². The van der Waals surface area contributed by atoms with Gasteiger partial charge in [0.15, 0.2) is 0 Å². The number of ether oxygens (including phenoxy) is 2. The molecule has 0 aliphatic heterocycles. The Labute approximate surface area is 125 Å². The summed E-state index contributed by atoms with van der Waals surface area (Å²) < 4.78 is 10.0. The molecule has 0 bridgehead atoms. The normalized spacial score (nSPS) is 12.1. The summed E-state index contributed by atoms with van der Waals surface area (Å²) in [5, 5.41) is 0. The van der Waals surface area contributed by atoms with Gasteiger partial charge in [-0.15, -0.1) is 0 Å². The molecule has 1 aromatic rings. The molecule has 4 nitrogen and oxygen atoms in total. The maximum absolute atomic E-state index is 11.8. The summed E-state index contributed by atoms with van der Waals surface area (Å²) in [6.07, 6.45) is 4.46. The summed E-state index contributed by atoms with van der Waals surface area (Å²) in [7, 11) is 0. The average Bonchev–Trinajstić information content (AvgIpc) is 2.50. The lowest BCUT2D eigenvalue weighted by Gasteiger charge is -2.08. The van der Waals surface area contributed by atoms with Crippen molar-refractivity contribution < 1.29 is 19.1 Å². The molecule has 0 N–H and O–H groups in total. The summed E-state index contributed by atoms with van der Waals surface area (Å²) in [5.74, 6) is -0.816. The predicted molar refractivity (Wildman–Crippen MR) is 80.4 cm³/mol. The molecular formula is C17H22O4. The number of hydrogen-bond acceptors (Lipinski definition) is 4. The van der Waals surface area contributed by atoms with Crippen LogP contribution in [0.1, 0.15) is 32.3 Å². The minimum absolute atomic E-state index is 0.221. The molecule has 0 aromatic heterocycles. The number of benzene rings is 1. The lowest BCUT2D eigenvalue weighted by Crippen LogP contribution is -2.12. The Balaban J connectivity index is 2.26. The van der Waals surface area contributed by atoms with Crippen molar-refractivity contribution in [3.63, 3.8) is 0 Å². The largest absolute Gasteiger partial charge is 0.466 e. The zero-order valence-electron chi connectivity index (χ0n) is 12.6. The molecule has 0 heterocycles. The van der Waals surface area contributed by atoms with E-state index in [1.807, 2.05) is 36.4 Å². The number of allylic oxidation sites excluding steroid dienone is 1. The monoisotopic (exact) mass is 290 g/mol. The Bertz CT molecular complexity index is 465. The van der Waals surface area contributed by atoms with Crippen molar-refractivity contribution in [2.24, 2.45) is 5.92 Å². The molecule has 1 rings (SSSR count). The fraction of sp³-hybridized carbons (Fsp3) is 0.412. The van der Waals surface area contributed by atoms with Crippen LogP contribution in [0.2, 0.25) is 0 Å². The third-order valence-electron chi connectivity index (χ3n) is 2.84. The van der Waals surface area contributed by atoms with Crippen molar-refractivity contribution in [1.29, 1.82) is 0 Å². The summed E-state index contributed by atoms with van der Waals surface area (Å²) in [4.78, 5) is 22.9. The van der Waals surface area contributed by atoms with Gasteiger partial charge in [-0.25, -0.2) is 0 Å².